The van der Waals surface area contributed by atoms with Gasteiger partial charge in [-0.05, 0) is 43.2 Å². The Labute approximate surface area is 156 Å². The van der Waals surface area contributed by atoms with Crippen LogP contribution >= 0.6 is 0 Å². The van der Waals surface area contributed by atoms with Crippen LogP contribution in [-0.4, -0.2) is 47.8 Å². The van der Waals surface area contributed by atoms with E-state index in [-0.39, 0.29) is 11.8 Å². The van der Waals surface area contributed by atoms with Gasteiger partial charge in [0.25, 0.3) is 0 Å². The highest BCUT2D eigenvalue weighted by Crippen LogP contribution is 2.25. The van der Waals surface area contributed by atoms with Gasteiger partial charge in [0, 0.05) is 38.2 Å². The third kappa shape index (κ3) is 4.75. The Hall–Kier alpha value is -2.10. The zero-order valence-electron chi connectivity index (χ0n) is 15.8. The number of carbonyl (C=O) groups is 2. The van der Waals surface area contributed by atoms with Gasteiger partial charge in [0.1, 0.15) is 0 Å². The fraction of sp³-hybridized carbons (Fsp3) is 0.545. The van der Waals surface area contributed by atoms with Crippen LogP contribution in [0.2, 0.25) is 0 Å². The van der Waals surface area contributed by atoms with Gasteiger partial charge >= 0.3 is 0 Å². The topological polar surface area (TPSA) is 40.6 Å². The van der Waals surface area contributed by atoms with Gasteiger partial charge in [-0.3, -0.25) is 9.59 Å². The molecule has 0 spiro atoms. The van der Waals surface area contributed by atoms with Crippen molar-refractivity contribution in [2.45, 2.75) is 39.0 Å². The largest absolute Gasteiger partial charge is 0.342 e. The molecule has 2 aliphatic heterocycles. The summed E-state index contributed by atoms with van der Waals surface area (Å²) in [5.41, 5.74) is 1.03. The monoisotopic (exact) mass is 354 g/mol. The van der Waals surface area contributed by atoms with Crippen LogP contribution in [0.1, 0.15) is 44.6 Å². The Bertz CT molecular complexity index is 633. The van der Waals surface area contributed by atoms with Crippen molar-refractivity contribution in [2.75, 3.05) is 26.2 Å². The summed E-state index contributed by atoms with van der Waals surface area (Å²) in [6.45, 7) is 5.41. The maximum atomic E-state index is 12.8. The fourth-order valence-corrected chi connectivity index (χ4v) is 4.04. The van der Waals surface area contributed by atoms with Gasteiger partial charge < -0.3 is 9.80 Å². The summed E-state index contributed by atoms with van der Waals surface area (Å²) in [5.74, 6) is 1.11. The van der Waals surface area contributed by atoms with E-state index in [1.165, 1.54) is 6.42 Å². The molecule has 140 valence electrons. The summed E-state index contributed by atoms with van der Waals surface area (Å²) in [4.78, 5) is 29.1. The van der Waals surface area contributed by atoms with Crippen molar-refractivity contribution in [3.63, 3.8) is 0 Å². The number of amides is 2. The van der Waals surface area contributed by atoms with Crippen molar-refractivity contribution in [2.24, 2.45) is 11.8 Å². The van der Waals surface area contributed by atoms with Gasteiger partial charge in [0.05, 0.1) is 0 Å². The molecule has 4 heteroatoms. The van der Waals surface area contributed by atoms with Crippen LogP contribution in [0, 0.1) is 11.8 Å². The fourth-order valence-electron chi connectivity index (χ4n) is 4.04. The highest BCUT2D eigenvalue weighted by atomic mass is 16.2. The van der Waals surface area contributed by atoms with E-state index < -0.39 is 0 Å². The van der Waals surface area contributed by atoms with E-state index in [9.17, 15) is 9.59 Å². The van der Waals surface area contributed by atoms with Crippen LogP contribution in [0.25, 0.3) is 6.08 Å². The van der Waals surface area contributed by atoms with Gasteiger partial charge in [-0.2, -0.15) is 0 Å². The highest BCUT2D eigenvalue weighted by molar-refractivity contribution is 5.92. The second kappa shape index (κ2) is 9.02. The average Bonchev–Trinajstić information content (AvgIpc) is 2.72. The first-order chi connectivity index (χ1) is 12.7. The maximum absolute atomic E-state index is 12.8. The van der Waals surface area contributed by atoms with Crippen molar-refractivity contribution in [1.82, 2.24) is 9.80 Å². The lowest BCUT2D eigenvalue weighted by molar-refractivity contribution is -0.141. The SMILES string of the molecule is CC[C@H]1CCCN(C(=O)C2CCN(C(=O)/C=C/c3ccccc3)CC2)C1. The molecule has 0 saturated carbocycles. The Morgan fingerprint density at radius 2 is 1.77 bits per heavy atom. The van der Waals surface area contributed by atoms with E-state index >= 15 is 0 Å². The standard InChI is InChI=1S/C22H30N2O2/c1-2-18-9-6-14-24(17-18)22(26)20-12-15-23(16-13-20)21(25)11-10-19-7-4-3-5-8-19/h3-5,7-8,10-11,18,20H,2,6,9,12-17H2,1H3/b11-10+/t18-/m0/s1. The minimum absolute atomic E-state index is 0.0452. The first kappa shape index (κ1) is 18.7. The summed E-state index contributed by atoms with van der Waals surface area (Å²) in [5, 5.41) is 0. The molecule has 0 bridgehead atoms. The van der Waals surface area contributed by atoms with Gasteiger partial charge in [-0.15, -0.1) is 0 Å². The second-order valence-corrected chi connectivity index (χ2v) is 7.54. The number of carbonyl (C=O) groups excluding carboxylic acids is 2. The third-order valence-electron chi connectivity index (χ3n) is 5.78. The smallest absolute Gasteiger partial charge is 0.246 e. The van der Waals surface area contributed by atoms with Gasteiger partial charge in [-0.1, -0.05) is 43.7 Å². The first-order valence-electron chi connectivity index (χ1n) is 9.98. The number of nitrogens with zero attached hydrogens (tertiary/aromatic N) is 2. The van der Waals surface area contributed by atoms with Crippen LogP contribution in [-0.2, 0) is 9.59 Å². The van der Waals surface area contributed by atoms with E-state index in [0.29, 0.717) is 24.9 Å². The molecule has 2 aliphatic rings. The van der Waals surface area contributed by atoms with Crippen LogP contribution < -0.4 is 0 Å². The zero-order valence-corrected chi connectivity index (χ0v) is 15.8. The predicted molar refractivity (Wildman–Crippen MR) is 104 cm³/mol. The van der Waals surface area contributed by atoms with E-state index in [1.54, 1.807) is 6.08 Å². The van der Waals surface area contributed by atoms with E-state index in [0.717, 1.165) is 44.3 Å². The second-order valence-electron chi connectivity index (χ2n) is 7.54. The highest BCUT2D eigenvalue weighted by Gasteiger charge is 2.31. The van der Waals surface area contributed by atoms with E-state index in [2.05, 4.69) is 11.8 Å². The molecule has 1 atom stereocenters. The first-order valence-corrected chi connectivity index (χ1v) is 9.98. The van der Waals surface area contributed by atoms with Crippen molar-refractivity contribution >= 4 is 17.9 Å². The summed E-state index contributed by atoms with van der Waals surface area (Å²) < 4.78 is 0. The summed E-state index contributed by atoms with van der Waals surface area (Å²) in [6.07, 6.45) is 8.62. The number of hydrogen-bond donors (Lipinski definition) is 0. The van der Waals surface area contributed by atoms with Crippen molar-refractivity contribution in [3.05, 3.63) is 42.0 Å². The Morgan fingerprint density at radius 3 is 2.46 bits per heavy atom. The number of likely N-dealkylation sites (tertiary alicyclic amines) is 2. The molecule has 0 N–H and O–H groups in total. The minimum atomic E-state index is 0.0452. The molecule has 2 fully saturated rings. The Morgan fingerprint density at radius 1 is 1.04 bits per heavy atom. The summed E-state index contributed by atoms with van der Waals surface area (Å²) in [6, 6.07) is 9.86. The lowest BCUT2D eigenvalue weighted by Crippen LogP contribution is -2.47. The molecule has 2 saturated heterocycles. The number of rotatable bonds is 4. The third-order valence-corrected chi connectivity index (χ3v) is 5.78. The van der Waals surface area contributed by atoms with Gasteiger partial charge in [0.2, 0.25) is 11.8 Å². The molecule has 0 aromatic heterocycles. The van der Waals surface area contributed by atoms with Gasteiger partial charge in [0.15, 0.2) is 0 Å². The Balaban J connectivity index is 1.48. The molecule has 4 nitrogen and oxygen atoms in total. The zero-order chi connectivity index (χ0) is 18.4. The molecule has 2 heterocycles. The summed E-state index contributed by atoms with van der Waals surface area (Å²) >= 11 is 0. The molecule has 0 radical (unpaired) electrons. The van der Waals surface area contributed by atoms with Crippen LogP contribution in [0.4, 0.5) is 0 Å². The number of piperidine rings is 2. The van der Waals surface area contributed by atoms with Crippen molar-refractivity contribution in [1.29, 1.82) is 0 Å². The maximum Gasteiger partial charge on any atom is 0.246 e. The predicted octanol–water partition coefficient (Wildman–Crippen LogP) is 3.59. The molecule has 1 aromatic carbocycles. The lowest BCUT2D eigenvalue weighted by atomic mass is 9.91. The average molecular weight is 354 g/mol. The number of benzene rings is 1. The molecule has 0 unspecified atom stereocenters. The van der Waals surface area contributed by atoms with Crippen LogP contribution in [0.5, 0.6) is 0 Å². The molecule has 1 aromatic rings. The van der Waals surface area contributed by atoms with Crippen LogP contribution in [0.3, 0.4) is 0 Å². The molecular weight excluding hydrogens is 324 g/mol. The minimum Gasteiger partial charge on any atom is -0.342 e. The number of hydrogen-bond acceptors (Lipinski definition) is 2. The molecule has 0 aliphatic carbocycles. The molecule has 3 rings (SSSR count). The molecule has 2 amide bonds. The van der Waals surface area contributed by atoms with Crippen molar-refractivity contribution < 1.29 is 9.59 Å². The van der Waals surface area contributed by atoms with Crippen molar-refractivity contribution in [3.8, 4) is 0 Å². The normalized spacial score (nSPS) is 22.0. The molecular formula is C22H30N2O2. The van der Waals surface area contributed by atoms with Crippen LogP contribution in [0.15, 0.2) is 36.4 Å². The Kier molecular flexibility index (Phi) is 6.48. The quantitative estimate of drug-likeness (QED) is 0.776. The van der Waals surface area contributed by atoms with E-state index in [4.69, 9.17) is 0 Å². The molecule has 26 heavy (non-hydrogen) atoms. The van der Waals surface area contributed by atoms with Gasteiger partial charge in [-0.25, -0.2) is 0 Å². The summed E-state index contributed by atoms with van der Waals surface area (Å²) in [7, 11) is 0. The lowest BCUT2D eigenvalue weighted by Gasteiger charge is -2.37. The van der Waals surface area contributed by atoms with E-state index in [1.807, 2.05) is 41.3 Å².